The highest BCUT2D eigenvalue weighted by molar-refractivity contribution is 6.42. The first-order valence-electron chi connectivity index (χ1n) is 8.59. The third kappa shape index (κ3) is 3.64. The quantitative estimate of drug-likeness (QED) is 0.509. The second kappa shape index (κ2) is 8.10. The molecule has 0 unspecified atom stereocenters. The molecule has 3 rings (SSSR count). The summed E-state index contributed by atoms with van der Waals surface area (Å²) in [6, 6.07) is 14.8. The topological polar surface area (TPSA) is 55.0 Å². The molecule has 6 heteroatoms. The summed E-state index contributed by atoms with van der Waals surface area (Å²) < 4.78 is 7.10. The lowest BCUT2D eigenvalue weighted by molar-refractivity contribution is 0.0600. The van der Waals surface area contributed by atoms with Crippen LogP contribution in [0.4, 0.5) is 0 Å². The third-order valence-electron chi connectivity index (χ3n) is 4.80. The standard InChI is InChI=1S/C22H18Cl2N2O2/c1-13-20(17-8-9-18(23)19(24)10-17)21(22(27)28-3)14(2)26(13)12-16-6-4-15(11-25)5-7-16/h4-10H,12H2,1-3H3. The van der Waals surface area contributed by atoms with E-state index in [1.807, 2.05) is 32.0 Å². The molecule has 1 heterocycles. The molecule has 0 bridgehead atoms. The van der Waals surface area contributed by atoms with E-state index in [2.05, 4.69) is 10.6 Å². The monoisotopic (exact) mass is 412 g/mol. The number of rotatable bonds is 4. The molecule has 4 nitrogen and oxygen atoms in total. The van der Waals surface area contributed by atoms with Gasteiger partial charge in [0.05, 0.1) is 34.4 Å². The maximum atomic E-state index is 12.6. The summed E-state index contributed by atoms with van der Waals surface area (Å²) in [7, 11) is 1.37. The Labute approximate surface area is 173 Å². The Morgan fingerprint density at radius 3 is 2.32 bits per heavy atom. The highest BCUT2D eigenvalue weighted by Gasteiger charge is 2.25. The highest BCUT2D eigenvalue weighted by atomic mass is 35.5. The predicted molar refractivity (Wildman–Crippen MR) is 111 cm³/mol. The number of hydrogen-bond acceptors (Lipinski definition) is 3. The molecule has 0 saturated heterocycles. The first-order chi connectivity index (χ1) is 13.4. The van der Waals surface area contributed by atoms with E-state index in [4.69, 9.17) is 33.2 Å². The molecular weight excluding hydrogens is 395 g/mol. The summed E-state index contributed by atoms with van der Waals surface area (Å²) >= 11 is 12.3. The van der Waals surface area contributed by atoms with Gasteiger partial charge in [-0.2, -0.15) is 5.26 Å². The van der Waals surface area contributed by atoms with E-state index in [0.717, 1.165) is 28.1 Å². The van der Waals surface area contributed by atoms with Crippen molar-refractivity contribution in [3.05, 3.63) is 80.6 Å². The van der Waals surface area contributed by atoms with E-state index in [1.165, 1.54) is 7.11 Å². The predicted octanol–water partition coefficient (Wildman–Crippen LogP) is 5.79. The van der Waals surface area contributed by atoms with Gasteiger partial charge < -0.3 is 9.30 Å². The van der Waals surface area contributed by atoms with Crippen molar-refractivity contribution in [2.75, 3.05) is 7.11 Å². The van der Waals surface area contributed by atoms with Gasteiger partial charge in [0.25, 0.3) is 0 Å². The molecule has 0 atom stereocenters. The van der Waals surface area contributed by atoms with Crippen LogP contribution in [0, 0.1) is 25.2 Å². The van der Waals surface area contributed by atoms with Gasteiger partial charge in [0.1, 0.15) is 0 Å². The molecule has 0 saturated carbocycles. The molecular formula is C22H18Cl2N2O2. The fourth-order valence-electron chi connectivity index (χ4n) is 3.34. The Bertz CT molecular complexity index is 1090. The number of methoxy groups -OCH3 is 1. The third-order valence-corrected chi connectivity index (χ3v) is 5.54. The van der Waals surface area contributed by atoms with Gasteiger partial charge in [-0.1, -0.05) is 41.4 Å². The molecule has 0 spiro atoms. The molecule has 2 aromatic carbocycles. The second-order valence-corrected chi connectivity index (χ2v) is 7.25. The van der Waals surface area contributed by atoms with Crippen molar-refractivity contribution in [2.24, 2.45) is 0 Å². The second-order valence-electron chi connectivity index (χ2n) is 6.44. The largest absolute Gasteiger partial charge is 0.465 e. The lowest BCUT2D eigenvalue weighted by atomic mass is 10.0. The Hall–Kier alpha value is -2.74. The number of carbonyl (C=O) groups excluding carboxylic acids is 1. The number of nitriles is 1. The Kier molecular flexibility index (Phi) is 5.79. The first kappa shape index (κ1) is 20.0. The maximum Gasteiger partial charge on any atom is 0.340 e. The molecule has 0 amide bonds. The molecule has 3 aromatic rings. The van der Waals surface area contributed by atoms with Crippen LogP contribution >= 0.6 is 23.2 Å². The Morgan fingerprint density at radius 2 is 1.75 bits per heavy atom. The number of esters is 1. The number of halogens is 2. The summed E-state index contributed by atoms with van der Waals surface area (Å²) in [5.74, 6) is -0.403. The minimum absolute atomic E-state index is 0.403. The van der Waals surface area contributed by atoms with E-state index in [9.17, 15) is 4.79 Å². The van der Waals surface area contributed by atoms with Crippen molar-refractivity contribution in [2.45, 2.75) is 20.4 Å². The summed E-state index contributed by atoms with van der Waals surface area (Å²) in [5.41, 5.74) is 5.43. The van der Waals surface area contributed by atoms with Gasteiger partial charge in [-0.25, -0.2) is 4.79 Å². The number of benzene rings is 2. The van der Waals surface area contributed by atoms with Crippen LogP contribution in [0.15, 0.2) is 42.5 Å². The van der Waals surface area contributed by atoms with Crippen molar-refractivity contribution in [3.63, 3.8) is 0 Å². The molecule has 142 valence electrons. The van der Waals surface area contributed by atoms with Crippen LogP contribution in [0.25, 0.3) is 11.1 Å². The summed E-state index contributed by atoms with van der Waals surface area (Å²) in [4.78, 5) is 12.6. The lowest BCUT2D eigenvalue weighted by Crippen LogP contribution is -2.07. The van der Waals surface area contributed by atoms with Gasteiger partial charge in [0, 0.05) is 23.5 Å². The van der Waals surface area contributed by atoms with Crippen molar-refractivity contribution in [1.29, 1.82) is 5.26 Å². The van der Waals surface area contributed by atoms with Gasteiger partial charge in [-0.05, 0) is 49.2 Å². The van der Waals surface area contributed by atoms with E-state index in [0.29, 0.717) is 27.7 Å². The maximum absolute atomic E-state index is 12.6. The first-order valence-corrected chi connectivity index (χ1v) is 9.35. The van der Waals surface area contributed by atoms with E-state index < -0.39 is 5.97 Å². The smallest absolute Gasteiger partial charge is 0.340 e. The summed E-state index contributed by atoms with van der Waals surface area (Å²) in [5, 5.41) is 9.85. The number of aromatic nitrogens is 1. The molecule has 0 radical (unpaired) electrons. The molecule has 0 fully saturated rings. The molecule has 28 heavy (non-hydrogen) atoms. The Morgan fingerprint density at radius 1 is 1.07 bits per heavy atom. The molecule has 0 aliphatic rings. The number of carbonyl (C=O) groups is 1. The molecule has 1 aromatic heterocycles. The van der Waals surface area contributed by atoms with Crippen LogP contribution in [-0.4, -0.2) is 17.6 Å². The minimum Gasteiger partial charge on any atom is -0.465 e. The zero-order chi connectivity index (χ0) is 20.4. The van der Waals surface area contributed by atoms with Crippen molar-refractivity contribution in [1.82, 2.24) is 4.57 Å². The van der Waals surface area contributed by atoms with Crippen molar-refractivity contribution >= 4 is 29.2 Å². The zero-order valence-electron chi connectivity index (χ0n) is 15.7. The van der Waals surface area contributed by atoms with E-state index in [1.54, 1.807) is 24.3 Å². The van der Waals surface area contributed by atoms with Crippen LogP contribution < -0.4 is 0 Å². The molecule has 0 N–H and O–H groups in total. The molecule has 0 aliphatic carbocycles. The van der Waals surface area contributed by atoms with Crippen LogP contribution in [0.3, 0.4) is 0 Å². The van der Waals surface area contributed by atoms with Crippen LogP contribution in [0.2, 0.25) is 10.0 Å². The van der Waals surface area contributed by atoms with Gasteiger partial charge in [-0.15, -0.1) is 0 Å². The number of hydrogen-bond donors (Lipinski definition) is 0. The lowest BCUT2D eigenvalue weighted by Gasteiger charge is -2.10. The van der Waals surface area contributed by atoms with Gasteiger partial charge >= 0.3 is 5.97 Å². The normalized spacial score (nSPS) is 10.6. The zero-order valence-corrected chi connectivity index (χ0v) is 17.2. The SMILES string of the molecule is COC(=O)c1c(-c2ccc(Cl)c(Cl)c2)c(C)n(Cc2ccc(C#N)cc2)c1C. The van der Waals surface area contributed by atoms with Crippen molar-refractivity contribution < 1.29 is 9.53 Å². The number of ether oxygens (including phenoxy) is 1. The average molecular weight is 413 g/mol. The van der Waals surface area contributed by atoms with Gasteiger partial charge in [-0.3, -0.25) is 0 Å². The van der Waals surface area contributed by atoms with Crippen LogP contribution in [-0.2, 0) is 11.3 Å². The van der Waals surface area contributed by atoms with Crippen LogP contribution in [0.5, 0.6) is 0 Å². The van der Waals surface area contributed by atoms with E-state index in [-0.39, 0.29) is 0 Å². The minimum atomic E-state index is -0.403. The average Bonchev–Trinajstić information content (AvgIpc) is 2.94. The summed E-state index contributed by atoms with van der Waals surface area (Å²) in [6.07, 6.45) is 0. The molecule has 0 aliphatic heterocycles. The van der Waals surface area contributed by atoms with Gasteiger partial charge in [0.15, 0.2) is 0 Å². The number of nitrogens with zero attached hydrogens (tertiary/aromatic N) is 2. The highest BCUT2D eigenvalue weighted by Crippen LogP contribution is 2.36. The Balaban J connectivity index is 2.16. The van der Waals surface area contributed by atoms with E-state index >= 15 is 0 Å². The van der Waals surface area contributed by atoms with Crippen molar-refractivity contribution in [3.8, 4) is 17.2 Å². The van der Waals surface area contributed by atoms with Gasteiger partial charge in [0.2, 0.25) is 0 Å². The fourth-order valence-corrected chi connectivity index (χ4v) is 3.64. The van der Waals surface area contributed by atoms with Crippen LogP contribution in [0.1, 0.15) is 32.9 Å². The fraction of sp³-hybridized carbons (Fsp3) is 0.182. The summed E-state index contributed by atoms with van der Waals surface area (Å²) in [6.45, 7) is 4.42.